The van der Waals surface area contributed by atoms with Crippen molar-refractivity contribution >= 4 is 37.7 Å². The zero-order chi connectivity index (χ0) is 28.2. The monoisotopic (exact) mass is 564 g/mol. The van der Waals surface area contributed by atoms with Gasteiger partial charge in [-0.15, -0.1) is 0 Å². The van der Waals surface area contributed by atoms with Crippen LogP contribution in [-0.4, -0.2) is 61.0 Å². The van der Waals surface area contributed by atoms with Gasteiger partial charge in [0.15, 0.2) is 12.1 Å². The Labute approximate surface area is 220 Å². The Morgan fingerprint density at radius 3 is 2.26 bits per heavy atom. The van der Waals surface area contributed by atoms with Crippen LogP contribution in [0.4, 0.5) is 11.5 Å². The van der Waals surface area contributed by atoms with Gasteiger partial charge in [0.25, 0.3) is 5.91 Å². The van der Waals surface area contributed by atoms with Crippen LogP contribution >= 0.6 is 0 Å². The minimum Gasteiger partial charge on any atom is -0.367 e. The summed E-state index contributed by atoms with van der Waals surface area (Å²) in [6.07, 6.45) is -1.86. The van der Waals surface area contributed by atoms with Gasteiger partial charge in [0, 0.05) is 11.0 Å². The number of imidazole rings is 1. The predicted octanol–water partition coefficient (Wildman–Crippen LogP) is 0.468. The number of anilines is 2. The van der Waals surface area contributed by atoms with E-state index in [0.29, 0.717) is 21.5 Å². The average Bonchev–Trinajstić information content (AvgIpc) is 3.39. The zero-order valence-electron chi connectivity index (χ0n) is 20.9. The Morgan fingerprint density at radius 1 is 1.11 bits per heavy atom. The number of nitrogens with one attached hydrogen (secondary N) is 2. The van der Waals surface area contributed by atoms with E-state index >= 15 is 0 Å². The molecule has 1 aromatic carbocycles. The smallest absolute Gasteiger partial charge is 0.364 e. The molecule has 1 aliphatic rings. The van der Waals surface area contributed by atoms with Crippen LogP contribution in [-0.2, 0) is 30.5 Å². The van der Waals surface area contributed by atoms with E-state index in [9.17, 15) is 26.2 Å². The third-order valence-corrected chi connectivity index (χ3v) is 8.41. The molecular weight excluding hydrogens is 536 g/mol. The summed E-state index contributed by atoms with van der Waals surface area (Å²) in [5, 5.41) is -2.11. The quantitative estimate of drug-likeness (QED) is 0.250. The molecule has 2 aromatic heterocycles. The maximum Gasteiger partial charge on any atom is 0.364 e. The lowest BCUT2D eigenvalue weighted by molar-refractivity contribution is -0.117. The number of pyridine rings is 1. The van der Waals surface area contributed by atoms with Gasteiger partial charge in [-0.1, -0.05) is 51.1 Å². The number of aromatic nitrogens is 3. The molecule has 2 unspecified atom stereocenters. The van der Waals surface area contributed by atoms with Gasteiger partial charge in [-0.3, -0.25) is 15.1 Å². The number of nitrogens with two attached hydrogens (primary N) is 2. The molecule has 4 rings (SSSR count). The summed E-state index contributed by atoms with van der Waals surface area (Å²) in [5.74, 6) is -1.09. The zero-order valence-corrected chi connectivity index (χ0v) is 22.6. The molecule has 0 aliphatic carbocycles. The molecule has 1 amide bonds. The van der Waals surface area contributed by atoms with E-state index in [-0.39, 0.29) is 16.8 Å². The van der Waals surface area contributed by atoms with Gasteiger partial charge in [0.05, 0.1) is 22.8 Å². The molecule has 7 N–H and O–H groups in total. The largest absolute Gasteiger partial charge is 0.367 e. The first-order chi connectivity index (χ1) is 17.6. The van der Waals surface area contributed by atoms with Crippen LogP contribution in [0.15, 0.2) is 42.5 Å². The average molecular weight is 565 g/mol. The molecule has 14 nitrogen and oxygen atoms in total. The number of primary amides is 1. The maximum atomic E-state index is 12.7. The molecule has 0 fully saturated rings. The van der Waals surface area contributed by atoms with Crippen LogP contribution in [0.1, 0.15) is 26.6 Å². The van der Waals surface area contributed by atoms with Crippen LogP contribution in [0.25, 0.3) is 22.6 Å². The van der Waals surface area contributed by atoms with Crippen molar-refractivity contribution in [2.24, 2.45) is 11.5 Å². The summed E-state index contributed by atoms with van der Waals surface area (Å²) in [5.41, 5.74) is 12.9. The molecule has 0 radical (unpaired) electrons. The van der Waals surface area contributed by atoms with Crippen molar-refractivity contribution in [1.82, 2.24) is 19.7 Å². The van der Waals surface area contributed by atoms with Gasteiger partial charge in [-0.2, -0.15) is 12.7 Å². The van der Waals surface area contributed by atoms with Crippen LogP contribution in [0.5, 0.6) is 0 Å². The van der Waals surface area contributed by atoms with Crippen molar-refractivity contribution in [3.05, 3.63) is 48.3 Å². The number of sulfonamides is 1. The molecule has 3 aromatic rings. The second-order valence-corrected chi connectivity index (χ2v) is 12.8. The molecule has 0 spiro atoms. The SMILES string of the molecule is CNS(=O)(=O)C(C(N)=O)N1c2ccc(-c3[nH]c(C(C)(C)C)nc3-c3ccccc3)nc2N(S(=O)(=O)O)C1N. The van der Waals surface area contributed by atoms with Crippen LogP contribution in [0, 0.1) is 0 Å². The molecule has 0 bridgehead atoms. The fourth-order valence-corrected chi connectivity index (χ4v) is 5.90. The van der Waals surface area contributed by atoms with E-state index in [1.807, 2.05) is 55.8 Å². The van der Waals surface area contributed by atoms with Gasteiger partial charge >= 0.3 is 10.3 Å². The number of rotatable bonds is 7. The molecule has 0 saturated heterocycles. The number of amides is 1. The van der Waals surface area contributed by atoms with Gasteiger partial charge < -0.3 is 15.6 Å². The number of hydrogen-bond donors (Lipinski definition) is 5. The fraction of sp³-hybridized carbons (Fsp3) is 0.318. The second kappa shape index (κ2) is 9.32. The normalized spacial score (nSPS) is 16.9. The second-order valence-electron chi connectivity index (χ2n) is 9.56. The molecule has 16 heteroatoms. The van der Waals surface area contributed by atoms with Crippen molar-refractivity contribution in [1.29, 1.82) is 0 Å². The van der Waals surface area contributed by atoms with E-state index in [2.05, 4.69) is 9.97 Å². The summed E-state index contributed by atoms with van der Waals surface area (Å²) in [6, 6.07) is 12.1. The lowest BCUT2D eigenvalue weighted by Gasteiger charge is -2.31. The number of carbonyl (C=O) groups is 1. The Kier molecular flexibility index (Phi) is 6.73. The number of aromatic amines is 1. The van der Waals surface area contributed by atoms with Crippen LogP contribution in [0.3, 0.4) is 0 Å². The number of nitrogens with zero attached hydrogens (tertiary/aromatic N) is 4. The molecule has 0 saturated carbocycles. The summed E-state index contributed by atoms with van der Waals surface area (Å²) in [6.45, 7) is 5.89. The van der Waals surface area contributed by atoms with Crippen molar-refractivity contribution in [3.8, 4) is 22.6 Å². The minimum atomic E-state index is -5.08. The Hall–Kier alpha value is -3.57. The Bertz CT molecular complexity index is 1600. The Balaban J connectivity index is 1.97. The van der Waals surface area contributed by atoms with E-state index in [0.717, 1.165) is 17.5 Å². The molecule has 2 atom stereocenters. The minimum absolute atomic E-state index is 0.154. The third kappa shape index (κ3) is 4.71. The standard InChI is InChI=1S/C22H28N8O6S2/c1-22(2,3)20-27-15(12-8-6-5-7-9-12)16(28-20)13-10-11-14-18(26-13)30(38(34,35)36)21(24)29(14)19(17(23)31)37(32,33)25-4/h5-11,19,21,25H,24H2,1-4H3,(H2,23,31)(H,27,28)(H,34,35,36). The van der Waals surface area contributed by atoms with Crippen molar-refractivity contribution in [3.63, 3.8) is 0 Å². The lowest BCUT2D eigenvalue weighted by atomic mass is 9.96. The molecule has 3 heterocycles. The first-order valence-electron chi connectivity index (χ1n) is 11.3. The van der Waals surface area contributed by atoms with Gasteiger partial charge in [-0.05, 0) is 19.2 Å². The van der Waals surface area contributed by atoms with E-state index in [1.54, 1.807) is 0 Å². The highest BCUT2D eigenvalue weighted by Gasteiger charge is 2.50. The predicted molar refractivity (Wildman–Crippen MR) is 141 cm³/mol. The van der Waals surface area contributed by atoms with E-state index in [1.165, 1.54) is 12.1 Å². The fourth-order valence-electron chi connectivity index (χ4n) is 4.11. The molecule has 1 aliphatic heterocycles. The van der Waals surface area contributed by atoms with Crippen molar-refractivity contribution in [2.45, 2.75) is 37.8 Å². The van der Waals surface area contributed by atoms with Gasteiger partial charge in [-0.25, -0.2) is 23.1 Å². The highest BCUT2D eigenvalue weighted by molar-refractivity contribution is 7.91. The molecule has 204 valence electrons. The van der Waals surface area contributed by atoms with Crippen molar-refractivity contribution in [2.75, 3.05) is 16.3 Å². The van der Waals surface area contributed by atoms with Gasteiger partial charge in [0.1, 0.15) is 5.82 Å². The maximum absolute atomic E-state index is 12.7. The number of fused-ring (bicyclic) bond motifs is 1. The highest BCUT2D eigenvalue weighted by Crippen LogP contribution is 2.42. The van der Waals surface area contributed by atoms with E-state index < -0.39 is 43.7 Å². The number of benzene rings is 1. The third-order valence-electron chi connectivity index (χ3n) is 5.91. The first kappa shape index (κ1) is 27.5. The van der Waals surface area contributed by atoms with E-state index in [4.69, 9.17) is 16.5 Å². The summed E-state index contributed by atoms with van der Waals surface area (Å²) >= 11 is 0. The van der Waals surface area contributed by atoms with Crippen LogP contribution in [0.2, 0.25) is 0 Å². The number of carbonyl (C=O) groups excluding carboxylic acids is 1. The highest BCUT2D eigenvalue weighted by atomic mass is 32.2. The summed E-state index contributed by atoms with van der Waals surface area (Å²) in [7, 11) is -8.45. The summed E-state index contributed by atoms with van der Waals surface area (Å²) in [4.78, 5) is 25.4. The number of hydrogen-bond acceptors (Lipinski definition) is 9. The first-order valence-corrected chi connectivity index (χ1v) is 14.2. The van der Waals surface area contributed by atoms with Crippen molar-refractivity contribution < 1.29 is 26.2 Å². The van der Waals surface area contributed by atoms with Gasteiger partial charge in [0.2, 0.25) is 15.4 Å². The topological polar surface area (TPSA) is 218 Å². The number of H-pyrrole nitrogens is 1. The molecule has 38 heavy (non-hydrogen) atoms. The lowest BCUT2D eigenvalue weighted by Crippen LogP contribution is -2.62. The Morgan fingerprint density at radius 2 is 1.74 bits per heavy atom. The summed E-state index contributed by atoms with van der Waals surface area (Å²) < 4.78 is 62.3. The molecular formula is C22H28N8O6S2. The van der Waals surface area contributed by atoms with Crippen LogP contribution < -0.4 is 25.4 Å².